The van der Waals surface area contributed by atoms with Crippen molar-refractivity contribution in [2.24, 2.45) is 17.3 Å². The average molecular weight is 255 g/mol. The Morgan fingerprint density at radius 2 is 1.83 bits per heavy atom. The number of carboxylic acid groups (broad SMARTS) is 1. The first-order valence-electron chi connectivity index (χ1n) is 6.55. The Kier molecular flexibility index (Phi) is 3.36. The highest BCUT2D eigenvalue weighted by Gasteiger charge is 2.49. The van der Waals surface area contributed by atoms with Gasteiger partial charge >= 0.3 is 5.97 Å². The Labute approximate surface area is 107 Å². The van der Waals surface area contributed by atoms with E-state index in [1.54, 1.807) is 0 Å². The fraction of sp³-hybridized carbons (Fsp3) is 0.846. The predicted molar refractivity (Wildman–Crippen MR) is 64.8 cm³/mol. The Bertz CT molecular complexity index is 366. The minimum atomic E-state index is -0.874. The second kappa shape index (κ2) is 4.53. The summed E-state index contributed by atoms with van der Waals surface area (Å²) in [6.07, 6.45) is 2.21. The highest BCUT2D eigenvalue weighted by atomic mass is 16.4. The van der Waals surface area contributed by atoms with Gasteiger partial charge in [-0.25, -0.2) is 0 Å². The van der Waals surface area contributed by atoms with Gasteiger partial charge in [0.2, 0.25) is 5.91 Å². The maximum atomic E-state index is 12.1. The first-order chi connectivity index (χ1) is 8.34. The lowest BCUT2D eigenvalue weighted by Gasteiger charge is -2.49. The van der Waals surface area contributed by atoms with Crippen molar-refractivity contribution in [2.45, 2.75) is 51.7 Å². The second-order valence-electron chi connectivity index (χ2n) is 6.12. The first-order valence-corrected chi connectivity index (χ1v) is 6.55. The molecular formula is C13H21NO4. The summed E-state index contributed by atoms with van der Waals surface area (Å²) in [6.45, 7) is 3.82. The molecule has 18 heavy (non-hydrogen) atoms. The van der Waals surface area contributed by atoms with E-state index >= 15 is 0 Å². The summed E-state index contributed by atoms with van der Waals surface area (Å²) in [6, 6.07) is -0.0463. The number of hydrogen-bond acceptors (Lipinski definition) is 3. The second-order valence-corrected chi connectivity index (χ2v) is 6.12. The quantitative estimate of drug-likeness (QED) is 0.695. The fourth-order valence-electron chi connectivity index (χ4n) is 3.00. The van der Waals surface area contributed by atoms with Crippen LogP contribution >= 0.6 is 0 Å². The van der Waals surface area contributed by atoms with Crippen molar-refractivity contribution >= 4 is 11.9 Å². The standard InChI is InChI=1S/C13H21NO4/c1-13(2)9(6-10(13)15)14-11(16)7-4-3-5-8(7)12(17)18/h7-10,15H,3-6H2,1-2H3,(H,14,16)(H,17,18)/t7-,8+,9?,10?/m1/s1. The van der Waals surface area contributed by atoms with Crippen molar-refractivity contribution in [3.8, 4) is 0 Å². The largest absolute Gasteiger partial charge is 0.481 e. The van der Waals surface area contributed by atoms with Gasteiger partial charge in [0.25, 0.3) is 0 Å². The van der Waals surface area contributed by atoms with Crippen LogP contribution in [0.25, 0.3) is 0 Å². The van der Waals surface area contributed by atoms with Crippen molar-refractivity contribution in [3.63, 3.8) is 0 Å². The summed E-state index contributed by atoms with van der Waals surface area (Å²) in [7, 11) is 0. The highest BCUT2D eigenvalue weighted by Crippen LogP contribution is 2.41. The summed E-state index contributed by atoms with van der Waals surface area (Å²) in [4.78, 5) is 23.1. The molecule has 102 valence electrons. The van der Waals surface area contributed by atoms with Gasteiger partial charge in [-0.15, -0.1) is 0 Å². The van der Waals surface area contributed by atoms with Crippen molar-refractivity contribution in [3.05, 3.63) is 0 Å². The van der Waals surface area contributed by atoms with Gasteiger partial charge < -0.3 is 15.5 Å². The van der Waals surface area contributed by atoms with Crippen LogP contribution in [0.4, 0.5) is 0 Å². The number of carboxylic acids is 1. The van der Waals surface area contributed by atoms with E-state index in [0.717, 1.165) is 6.42 Å². The summed E-state index contributed by atoms with van der Waals surface area (Å²) < 4.78 is 0. The molecule has 0 spiro atoms. The van der Waals surface area contributed by atoms with Gasteiger partial charge in [-0.05, 0) is 19.3 Å². The van der Waals surface area contributed by atoms with E-state index in [9.17, 15) is 14.7 Å². The Balaban J connectivity index is 1.95. The highest BCUT2D eigenvalue weighted by molar-refractivity contribution is 5.85. The maximum Gasteiger partial charge on any atom is 0.307 e. The number of carbonyl (C=O) groups is 2. The number of aliphatic hydroxyl groups is 1. The molecule has 0 bridgehead atoms. The summed E-state index contributed by atoms with van der Waals surface area (Å²) >= 11 is 0. The van der Waals surface area contributed by atoms with E-state index in [-0.39, 0.29) is 23.5 Å². The lowest BCUT2D eigenvalue weighted by molar-refractivity contribution is -0.147. The Hall–Kier alpha value is -1.10. The number of rotatable bonds is 3. The van der Waals surface area contributed by atoms with E-state index < -0.39 is 17.8 Å². The number of hydrogen-bond donors (Lipinski definition) is 3. The molecule has 2 saturated carbocycles. The molecule has 0 aromatic carbocycles. The molecule has 1 amide bonds. The lowest BCUT2D eigenvalue weighted by Crippen LogP contribution is -2.62. The number of carbonyl (C=O) groups excluding carboxylic acids is 1. The number of aliphatic hydroxyl groups excluding tert-OH is 1. The van der Waals surface area contributed by atoms with Gasteiger partial charge in [0.1, 0.15) is 0 Å². The van der Waals surface area contributed by atoms with Crippen LogP contribution in [-0.2, 0) is 9.59 Å². The SMILES string of the molecule is CC1(C)C(O)CC1NC(=O)[C@@H]1CCC[C@@H]1C(=O)O. The molecule has 4 atom stereocenters. The van der Waals surface area contributed by atoms with Crippen LogP contribution in [-0.4, -0.2) is 34.2 Å². The van der Waals surface area contributed by atoms with E-state index in [0.29, 0.717) is 19.3 Å². The third-order valence-corrected chi connectivity index (χ3v) is 4.70. The molecule has 0 heterocycles. The van der Waals surface area contributed by atoms with Crippen LogP contribution in [0, 0.1) is 17.3 Å². The molecule has 0 saturated heterocycles. The number of amides is 1. The minimum Gasteiger partial charge on any atom is -0.481 e. The van der Waals surface area contributed by atoms with Crippen LogP contribution in [0.3, 0.4) is 0 Å². The van der Waals surface area contributed by atoms with E-state index in [1.807, 2.05) is 13.8 Å². The molecule has 2 aliphatic rings. The zero-order valence-corrected chi connectivity index (χ0v) is 10.8. The molecule has 2 fully saturated rings. The molecule has 5 heteroatoms. The van der Waals surface area contributed by atoms with E-state index in [4.69, 9.17) is 5.11 Å². The lowest BCUT2D eigenvalue weighted by atomic mass is 9.64. The molecule has 0 radical (unpaired) electrons. The van der Waals surface area contributed by atoms with E-state index in [2.05, 4.69) is 5.32 Å². The molecule has 2 aliphatic carbocycles. The Morgan fingerprint density at radius 3 is 2.33 bits per heavy atom. The third-order valence-electron chi connectivity index (χ3n) is 4.70. The van der Waals surface area contributed by atoms with Crippen LogP contribution in [0.1, 0.15) is 39.5 Å². The topological polar surface area (TPSA) is 86.6 Å². The first kappa shape index (κ1) is 13.3. The number of nitrogens with one attached hydrogen (secondary N) is 1. The molecule has 0 aromatic rings. The van der Waals surface area contributed by atoms with Crippen molar-refractivity contribution in [1.82, 2.24) is 5.32 Å². The van der Waals surface area contributed by atoms with Crippen molar-refractivity contribution in [2.75, 3.05) is 0 Å². The summed E-state index contributed by atoms with van der Waals surface area (Å²) in [5.41, 5.74) is -0.313. The molecule has 2 unspecified atom stereocenters. The van der Waals surface area contributed by atoms with Crippen LogP contribution in [0.5, 0.6) is 0 Å². The van der Waals surface area contributed by atoms with Crippen LogP contribution in [0.2, 0.25) is 0 Å². The maximum absolute atomic E-state index is 12.1. The fourth-order valence-corrected chi connectivity index (χ4v) is 3.00. The normalized spacial score (nSPS) is 37.9. The van der Waals surface area contributed by atoms with Gasteiger partial charge in [-0.1, -0.05) is 20.3 Å². The molecular weight excluding hydrogens is 234 g/mol. The Morgan fingerprint density at radius 1 is 1.22 bits per heavy atom. The van der Waals surface area contributed by atoms with Gasteiger partial charge in [0, 0.05) is 11.5 Å². The van der Waals surface area contributed by atoms with Gasteiger partial charge in [-0.2, -0.15) is 0 Å². The summed E-state index contributed by atoms with van der Waals surface area (Å²) in [5.74, 6) is -1.99. The van der Waals surface area contributed by atoms with Crippen molar-refractivity contribution < 1.29 is 19.8 Å². The smallest absolute Gasteiger partial charge is 0.307 e. The average Bonchev–Trinajstić information content (AvgIpc) is 2.77. The molecule has 3 N–H and O–H groups in total. The van der Waals surface area contributed by atoms with Crippen LogP contribution in [0.15, 0.2) is 0 Å². The van der Waals surface area contributed by atoms with Gasteiger partial charge in [-0.3, -0.25) is 9.59 Å². The van der Waals surface area contributed by atoms with E-state index in [1.165, 1.54) is 0 Å². The van der Waals surface area contributed by atoms with Gasteiger partial charge in [0.15, 0.2) is 0 Å². The molecule has 2 rings (SSSR count). The zero-order chi connectivity index (χ0) is 13.5. The zero-order valence-electron chi connectivity index (χ0n) is 10.8. The van der Waals surface area contributed by atoms with Gasteiger partial charge in [0.05, 0.1) is 17.9 Å². The molecule has 0 aliphatic heterocycles. The van der Waals surface area contributed by atoms with Crippen molar-refractivity contribution in [1.29, 1.82) is 0 Å². The third kappa shape index (κ3) is 2.11. The molecule has 5 nitrogen and oxygen atoms in total. The monoisotopic (exact) mass is 255 g/mol. The predicted octanol–water partition coefficient (Wildman–Crippen LogP) is 0.763. The number of aliphatic carboxylic acids is 1. The molecule has 0 aromatic heterocycles. The minimum absolute atomic E-state index is 0.0463. The van der Waals surface area contributed by atoms with Crippen LogP contribution < -0.4 is 5.32 Å². The summed E-state index contributed by atoms with van der Waals surface area (Å²) in [5, 5.41) is 21.6.